The van der Waals surface area contributed by atoms with Crippen molar-refractivity contribution in [3.63, 3.8) is 0 Å². The highest BCUT2D eigenvalue weighted by molar-refractivity contribution is 14.0. The fourth-order valence-electron chi connectivity index (χ4n) is 3.11. The second-order valence-electron chi connectivity index (χ2n) is 6.72. The Balaban J connectivity index is 0.00000364. The van der Waals surface area contributed by atoms with Crippen molar-refractivity contribution >= 4 is 47.2 Å². The minimum absolute atomic E-state index is 0. The van der Waals surface area contributed by atoms with Gasteiger partial charge in [-0.25, -0.2) is 0 Å². The van der Waals surface area contributed by atoms with Crippen molar-refractivity contribution in [3.05, 3.63) is 22.4 Å². The topological polar surface area (TPSA) is 66.0 Å². The van der Waals surface area contributed by atoms with E-state index < -0.39 is 0 Å². The van der Waals surface area contributed by atoms with Crippen LogP contribution in [-0.2, 0) is 9.53 Å². The highest BCUT2D eigenvalue weighted by Gasteiger charge is 2.25. The number of carbonyl (C=O) groups is 1. The zero-order valence-corrected chi connectivity index (χ0v) is 19.7. The molecular formula is C19H33IN4O2S. The van der Waals surface area contributed by atoms with Crippen LogP contribution in [0.3, 0.4) is 0 Å². The van der Waals surface area contributed by atoms with Crippen LogP contribution in [0.2, 0.25) is 0 Å². The number of methoxy groups -OCH3 is 1. The molecule has 2 N–H and O–H groups in total. The summed E-state index contributed by atoms with van der Waals surface area (Å²) in [6.45, 7) is 8.66. The monoisotopic (exact) mass is 508 g/mol. The lowest BCUT2D eigenvalue weighted by Gasteiger charge is -2.35. The van der Waals surface area contributed by atoms with Crippen LogP contribution in [0.4, 0.5) is 0 Å². The lowest BCUT2D eigenvalue weighted by Crippen LogP contribution is -2.40. The lowest BCUT2D eigenvalue weighted by molar-refractivity contribution is -0.140. The van der Waals surface area contributed by atoms with Gasteiger partial charge in [-0.3, -0.25) is 14.7 Å². The molecule has 1 aromatic heterocycles. The van der Waals surface area contributed by atoms with Crippen LogP contribution in [0, 0.1) is 5.92 Å². The number of rotatable bonds is 8. The molecule has 0 saturated carbocycles. The van der Waals surface area contributed by atoms with Crippen molar-refractivity contribution in [1.82, 2.24) is 15.5 Å². The van der Waals surface area contributed by atoms with E-state index in [9.17, 15) is 4.79 Å². The standard InChI is InChI=1S/C19H32N4O2S.HI/c1-4-20-19(21-10-7-18(24)25-3)22-14-16(17-6-5-13-26-17)23-11-8-15(2)9-12-23;/h5-6,13,15-16H,4,7-12,14H2,1-3H3,(H2,20,21,22);1H. The van der Waals surface area contributed by atoms with Gasteiger partial charge in [-0.1, -0.05) is 13.0 Å². The maximum Gasteiger partial charge on any atom is 0.307 e. The molecule has 0 radical (unpaired) electrons. The number of ether oxygens (including phenoxy) is 1. The number of hydrogen-bond acceptors (Lipinski definition) is 5. The van der Waals surface area contributed by atoms with Crippen molar-refractivity contribution < 1.29 is 9.53 Å². The SMILES string of the molecule is CCNC(=NCC(c1cccs1)N1CCC(C)CC1)NCCC(=O)OC.I. The van der Waals surface area contributed by atoms with Crippen molar-refractivity contribution in [2.24, 2.45) is 10.9 Å². The molecule has 1 aliphatic heterocycles. The first kappa shape index (κ1) is 24.2. The van der Waals surface area contributed by atoms with Gasteiger partial charge >= 0.3 is 5.97 Å². The molecule has 1 fully saturated rings. The molecule has 0 spiro atoms. The molecule has 6 nitrogen and oxygen atoms in total. The van der Waals surface area contributed by atoms with Gasteiger partial charge in [-0.05, 0) is 50.2 Å². The second-order valence-corrected chi connectivity index (χ2v) is 7.70. The van der Waals surface area contributed by atoms with E-state index in [1.807, 2.05) is 6.92 Å². The first-order chi connectivity index (χ1) is 12.6. The van der Waals surface area contributed by atoms with Gasteiger partial charge in [0.2, 0.25) is 0 Å². The second kappa shape index (κ2) is 13.3. The van der Waals surface area contributed by atoms with Crippen LogP contribution in [0.25, 0.3) is 0 Å². The Bertz CT molecular complexity index is 560. The van der Waals surface area contributed by atoms with Crippen molar-refractivity contribution in [2.45, 2.75) is 39.2 Å². The molecule has 1 aliphatic rings. The van der Waals surface area contributed by atoms with Crippen molar-refractivity contribution in [1.29, 1.82) is 0 Å². The van der Waals surface area contributed by atoms with Gasteiger partial charge in [0.05, 0.1) is 26.1 Å². The third-order valence-electron chi connectivity index (χ3n) is 4.75. The van der Waals surface area contributed by atoms with Crippen molar-refractivity contribution in [2.75, 3.05) is 39.8 Å². The quantitative estimate of drug-likeness (QED) is 0.244. The molecule has 1 saturated heterocycles. The summed E-state index contributed by atoms with van der Waals surface area (Å²) in [5.74, 6) is 1.35. The van der Waals surface area contributed by atoms with Crippen LogP contribution < -0.4 is 10.6 Å². The molecule has 1 aromatic rings. The van der Waals surface area contributed by atoms with E-state index in [2.05, 4.69) is 44.7 Å². The Kier molecular flexibility index (Phi) is 11.9. The Labute approximate surface area is 184 Å². The Hall–Kier alpha value is -0.870. The molecule has 0 amide bonds. The van der Waals surface area contributed by atoms with E-state index in [0.717, 1.165) is 31.5 Å². The van der Waals surface area contributed by atoms with Gasteiger partial charge in [-0.2, -0.15) is 0 Å². The molecule has 2 heterocycles. The summed E-state index contributed by atoms with van der Waals surface area (Å²) in [5, 5.41) is 8.61. The normalized spacial score (nSPS) is 17.1. The van der Waals surface area contributed by atoms with E-state index in [1.54, 1.807) is 11.3 Å². The molecule has 0 aliphatic carbocycles. The Morgan fingerprint density at radius 3 is 2.74 bits per heavy atom. The van der Waals surface area contributed by atoms with Gasteiger partial charge in [0, 0.05) is 18.0 Å². The number of hydrogen-bond donors (Lipinski definition) is 2. The molecule has 0 bridgehead atoms. The third kappa shape index (κ3) is 8.35. The molecule has 1 unspecified atom stereocenters. The number of thiophene rings is 1. The molecule has 0 aromatic carbocycles. The predicted octanol–water partition coefficient (Wildman–Crippen LogP) is 3.26. The zero-order chi connectivity index (χ0) is 18.8. The van der Waals surface area contributed by atoms with Crippen LogP contribution in [-0.4, -0.2) is 56.7 Å². The van der Waals surface area contributed by atoms with Gasteiger partial charge in [0.25, 0.3) is 0 Å². The Morgan fingerprint density at radius 2 is 2.15 bits per heavy atom. The first-order valence-corrected chi connectivity index (χ1v) is 10.4. The fraction of sp³-hybridized carbons (Fsp3) is 0.684. The van der Waals surface area contributed by atoms with Crippen LogP contribution in [0.5, 0.6) is 0 Å². The number of nitrogens with one attached hydrogen (secondary N) is 2. The van der Waals surface area contributed by atoms with Crippen LogP contribution in [0.15, 0.2) is 22.5 Å². The molecular weight excluding hydrogens is 475 g/mol. The lowest BCUT2D eigenvalue weighted by atomic mass is 9.97. The highest BCUT2D eigenvalue weighted by atomic mass is 127. The number of guanidine groups is 1. The third-order valence-corrected chi connectivity index (χ3v) is 5.72. The largest absolute Gasteiger partial charge is 0.469 e. The van der Waals surface area contributed by atoms with Crippen LogP contribution >= 0.6 is 35.3 Å². The average molecular weight is 508 g/mol. The summed E-state index contributed by atoms with van der Waals surface area (Å²) in [4.78, 5) is 20.0. The van der Waals surface area contributed by atoms with E-state index in [0.29, 0.717) is 25.6 Å². The predicted molar refractivity (Wildman–Crippen MR) is 123 cm³/mol. The van der Waals surface area contributed by atoms with E-state index in [-0.39, 0.29) is 29.9 Å². The summed E-state index contributed by atoms with van der Waals surface area (Å²) < 4.78 is 4.68. The summed E-state index contributed by atoms with van der Waals surface area (Å²) in [5.41, 5.74) is 0. The minimum Gasteiger partial charge on any atom is -0.469 e. The van der Waals surface area contributed by atoms with E-state index in [4.69, 9.17) is 4.99 Å². The number of esters is 1. The fourth-order valence-corrected chi connectivity index (χ4v) is 3.96. The maximum atomic E-state index is 11.3. The molecule has 27 heavy (non-hydrogen) atoms. The van der Waals surface area contributed by atoms with Crippen LogP contribution in [0.1, 0.15) is 44.0 Å². The molecule has 1 atom stereocenters. The number of aliphatic imine (C=N–C) groups is 1. The van der Waals surface area contributed by atoms with E-state index >= 15 is 0 Å². The number of carbonyl (C=O) groups excluding carboxylic acids is 1. The Morgan fingerprint density at radius 1 is 1.41 bits per heavy atom. The summed E-state index contributed by atoms with van der Waals surface area (Å²) in [6.07, 6.45) is 2.84. The molecule has 8 heteroatoms. The van der Waals surface area contributed by atoms with Gasteiger partial charge in [-0.15, -0.1) is 35.3 Å². The smallest absolute Gasteiger partial charge is 0.307 e. The average Bonchev–Trinajstić information content (AvgIpc) is 3.17. The summed E-state index contributed by atoms with van der Waals surface area (Å²) in [6, 6.07) is 4.64. The van der Waals surface area contributed by atoms with Crippen molar-refractivity contribution in [3.8, 4) is 0 Å². The van der Waals surface area contributed by atoms with Gasteiger partial charge in [0.15, 0.2) is 5.96 Å². The highest BCUT2D eigenvalue weighted by Crippen LogP contribution is 2.29. The summed E-state index contributed by atoms with van der Waals surface area (Å²) >= 11 is 1.80. The number of halogens is 1. The van der Waals surface area contributed by atoms with E-state index in [1.165, 1.54) is 24.8 Å². The van der Waals surface area contributed by atoms with Gasteiger partial charge in [0.1, 0.15) is 0 Å². The zero-order valence-electron chi connectivity index (χ0n) is 16.6. The number of nitrogens with zero attached hydrogens (tertiary/aromatic N) is 2. The minimum atomic E-state index is -0.216. The number of likely N-dealkylation sites (tertiary alicyclic amines) is 1. The summed E-state index contributed by atoms with van der Waals surface area (Å²) in [7, 11) is 1.41. The number of piperidine rings is 1. The van der Waals surface area contributed by atoms with Gasteiger partial charge < -0.3 is 15.4 Å². The molecule has 2 rings (SSSR count). The molecule has 154 valence electrons. The maximum absolute atomic E-state index is 11.3. The first-order valence-electron chi connectivity index (χ1n) is 9.50.